The predicted octanol–water partition coefficient (Wildman–Crippen LogP) is 3.04. The highest BCUT2D eigenvalue weighted by Crippen LogP contribution is 2.39. The topological polar surface area (TPSA) is 60.9 Å². The summed E-state index contributed by atoms with van der Waals surface area (Å²) in [5.41, 5.74) is 6.46. The Labute approximate surface area is 119 Å². The minimum absolute atomic E-state index is 0.0263. The van der Waals surface area contributed by atoms with E-state index in [2.05, 4.69) is 5.10 Å². The Bertz CT molecular complexity index is 450. The smallest absolute Gasteiger partial charge is 0.182 e. The van der Waals surface area contributed by atoms with Gasteiger partial charge in [0.05, 0.1) is 11.2 Å². The minimum atomic E-state index is -0.0263. The summed E-state index contributed by atoms with van der Waals surface area (Å²) in [6.07, 6.45) is 7.74. The Morgan fingerprint density at radius 1 is 1.47 bits per heavy atom. The lowest BCUT2D eigenvalue weighted by atomic mass is 9.71. The van der Waals surface area contributed by atoms with Crippen LogP contribution in [-0.4, -0.2) is 22.1 Å². The zero-order chi connectivity index (χ0) is 13.9. The number of rotatable bonds is 5. The van der Waals surface area contributed by atoms with Gasteiger partial charge in [0, 0.05) is 13.0 Å². The Morgan fingerprint density at radius 2 is 2.16 bits per heavy atom. The van der Waals surface area contributed by atoms with E-state index in [9.17, 15) is 4.79 Å². The number of nitrogens with zero attached hydrogens (tertiary/aromatic N) is 2. The van der Waals surface area contributed by atoms with Gasteiger partial charge in [-0.2, -0.15) is 5.10 Å². The molecule has 1 aliphatic carbocycles. The summed E-state index contributed by atoms with van der Waals surface area (Å²) < 4.78 is 1.68. The number of halogens is 1. The number of hydrogen-bond donors (Lipinski definition) is 1. The van der Waals surface area contributed by atoms with Gasteiger partial charge in [-0.25, -0.2) is 0 Å². The maximum absolute atomic E-state index is 12.5. The molecule has 5 heteroatoms. The highest BCUT2D eigenvalue weighted by Gasteiger charge is 2.34. The van der Waals surface area contributed by atoms with E-state index in [-0.39, 0.29) is 11.2 Å². The fraction of sp³-hybridized carbons (Fsp3) is 0.714. The fourth-order valence-electron chi connectivity index (χ4n) is 3.06. The van der Waals surface area contributed by atoms with Gasteiger partial charge in [-0.1, -0.05) is 30.9 Å². The standard InChI is InChI=1S/C14H22ClN3O/c1-2-18-13(11(15)9-17-18)12(19)8-14(10-16)6-4-3-5-7-14/h9H,2-8,10,16H2,1H3. The molecule has 0 aromatic carbocycles. The second-order valence-electron chi connectivity index (χ2n) is 5.52. The van der Waals surface area contributed by atoms with E-state index in [4.69, 9.17) is 17.3 Å². The molecule has 4 nitrogen and oxygen atoms in total. The van der Waals surface area contributed by atoms with Crippen molar-refractivity contribution in [3.8, 4) is 0 Å². The zero-order valence-electron chi connectivity index (χ0n) is 11.5. The van der Waals surface area contributed by atoms with E-state index in [0.29, 0.717) is 30.2 Å². The summed E-state index contributed by atoms with van der Waals surface area (Å²) in [6, 6.07) is 0. The molecule has 106 valence electrons. The number of Topliss-reactive ketones (excluding diaryl/α,β-unsaturated/α-hetero) is 1. The van der Waals surface area contributed by atoms with Crippen molar-refractivity contribution in [2.75, 3.05) is 6.54 Å². The number of carbonyl (C=O) groups is 1. The Kier molecular flexibility index (Phi) is 4.63. The maximum atomic E-state index is 12.5. The van der Waals surface area contributed by atoms with E-state index in [1.165, 1.54) is 19.3 Å². The van der Waals surface area contributed by atoms with Gasteiger partial charge >= 0.3 is 0 Å². The van der Waals surface area contributed by atoms with Crippen molar-refractivity contribution < 1.29 is 4.79 Å². The first kappa shape index (κ1) is 14.5. The van der Waals surface area contributed by atoms with Crippen molar-refractivity contribution in [3.05, 3.63) is 16.9 Å². The van der Waals surface area contributed by atoms with E-state index < -0.39 is 0 Å². The first-order valence-corrected chi connectivity index (χ1v) is 7.44. The normalized spacial score (nSPS) is 18.5. The van der Waals surface area contributed by atoms with Crippen molar-refractivity contribution in [1.29, 1.82) is 0 Å². The van der Waals surface area contributed by atoms with Crippen LogP contribution in [0.1, 0.15) is 55.9 Å². The van der Waals surface area contributed by atoms with Crippen LogP contribution in [0.15, 0.2) is 6.20 Å². The van der Waals surface area contributed by atoms with Crippen LogP contribution in [0.3, 0.4) is 0 Å². The van der Waals surface area contributed by atoms with Crippen LogP contribution >= 0.6 is 11.6 Å². The van der Waals surface area contributed by atoms with Gasteiger partial charge in [-0.15, -0.1) is 0 Å². The van der Waals surface area contributed by atoms with Crippen LogP contribution < -0.4 is 5.73 Å². The maximum Gasteiger partial charge on any atom is 0.182 e. The molecule has 1 aliphatic rings. The molecule has 1 aromatic heterocycles. The number of hydrogen-bond acceptors (Lipinski definition) is 3. The summed E-state index contributed by atoms with van der Waals surface area (Å²) in [4.78, 5) is 12.5. The average molecular weight is 284 g/mol. The molecule has 2 N–H and O–H groups in total. The Hall–Kier alpha value is -0.870. The molecule has 2 rings (SSSR count). The van der Waals surface area contributed by atoms with Gasteiger partial charge in [0.25, 0.3) is 0 Å². The monoisotopic (exact) mass is 283 g/mol. The van der Waals surface area contributed by atoms with Crippen molar-refractivity contribution in [3.63, 3.8) is 0 Å². The summed E-state index contributed by atoms with van der Waals surface area (Å²) >= 11 is 6.09. The average Bonchev–Trinajstić information content (AvgIpc) is 2.81. The van der Waals surface area contributed by atoms with E-state index in [1.807, 2.05) is 6.92 Å². The van der Waals surface area contributed by atoms with Gasteiger partial charge in [0.2, 0.25) is 0 Å². The quantitative estimate of drug-likeness (QED) is 0.845. The first-order valence-electron chi connectivity index (χ1n) is 7.06. The van der Waals surface area contributed by atoms with Crippen molar-refractivity contribution in [2.45, 2.75) is 52.0 Å². The van der Waals surface area contributed by atoms with Crippen LogP contribution in [-0.2, 0) is 6.54 Å². The zero-order valence-corrected chi connectivity index (χ0v) is 12.2. The molecule has 0 unspecified atom stereocenters. The molecule has 0 saturated heterocycles. The van der Waals surface area contributed by atoms with E-state index in [0.717, 1.165) is 12.8 Å². The molecular weight excluding hydrogens is 262 g/mol. The molecule has 1 heterocycles. The summed E-state index contributed by atoms with van der Waals surface area (Å²) in [6.45, 7) is 3.19. The van der Waals surface area contributed by atoms with Crippen molar-refractivity contribution in [1.82, 2.24) is 9.78 Å². The summed E-state index contributed by atoms with van der Waals surface area (Å²) in [5, 5.41) is 4.58. The van der Waals surface area contributed by atoms with Gasteiger partial charge in [-0.3, -0.25) is 9.48 Å². The van der Waals surface area contributed by atoms with Crippen molar-refractivity contribution in [2.24, 2.45) is 11.1 Å². The van der Waals surface area contributed by atoms with Crippen LogP contribution in [0.2, 0.25) is 5.02 Å². The SMILES string of the molecule is CCn1ncc(Cl)c1C(=O)CC1(CN)CCCCC1. The largest absolute Gasteiger partial charge is 0.330 e. The molecule has 19 heavy (non-hydrogen) atoms. The molecule has 1 saturated carbocycles. The van der Waals surface area contributed by atoms with Gasteiger partial charge in [0.15, 0.2) is 5.78 Å². The van der Waals surface area contributed by atoms with E-state index >= 15 is 0 Å². The number of aryl methyl sites for hydroxylation is 1. The van der Waals surface area contributed by atoms with Crippen LogP contribution in [0.25, 0.3) is 0 Å². The van der Waals surface area contributed by atoms with Crippen LogP contribution in [0.4, 0.5) is 0 Å². The van der Waals surface area contributed by atoms with Crippen LogP contribution in [0, 0.1) is 5.41 Å². The number of carbonyl (C=O) groups excluding carboxylic acids is 1. The molecule has 1 aromatic rings. The molecule has 0 radical (unpaired) electrons. The third kappa shape index (κ3) is 3.00. The number of aromatic nitrogens is 2. The molecule has 0 aliphatic heterocycles. The molecule has 0 atom stereocenters. The molecule has 0 bridgehead atoms. The molecule has 0 amide bonds. The lowest BCUT2D eigenvalue weighted by Gasteiger charge is -2.35. The number of nitrogens with two attached hydrogens (primary N) is 1. The first-order chi connectivity index (χ1) is 9.12. The number of ketones is 1. The lowest BCUT2D eigenvalue weighted by molar-refractivity contribution is 0.0857. The van der Waals surface area contributed by atoms with Gasteiger partial charge < -0.3 is 5.73 Å². The third-order valence-corrected chi connectivity index (χ3v) is 4.52. The predicted molar refractivity (Wildman–Crippen MR) is 76.4 cm³/mol. The van der Waals surface area contributed by atoms with Gasteiger partial charge in [0.1, 0.15) is 5.69 Å². The van der Waals surface area contributed by atoms with Crippen LogP contribution in [0.5, 0.6) is 0 Å². The summed E-state index contributed by atoms with van der Waals surface area (Å²) in [7, 11) is 0. The van der Waals surface area contributed by atoms with Crippen molar-refractivity contribution >= 4 is 17.4 Å². The Morgan fingerprint density at radius 3 is 2.74 bits per heavy atom. The van der Waals surface area contributed by atoms with E-state index in [1.54, 1.807) is 10.9 Å². The third-order valence-electron chi connectivity index (χ3n) is 4.24. The highest BCUT2D eigenvalue weighted by molar-refractivity contribution is 6.33. The fourth-order valence-corrected chi connectivity index (χ4v) is 3.31. The summed E-state index contributed by atoms with van der Waals surface area (Å²) in [5.74, 6) is 0.0803. The molecular formula is C14H22ClN3O. The molecule has 0 spiro atoms. The Balaban J connectivity index is 2.17. The van der Waals surface area contributed by atoms with Gasteiger partial charge in [-0.05, 0) is 31.7 Å². The lowest BCUT2D eigenvalue weighted by Crippen LogP contribution is -2.35. The second kappa shape index (κ2) is 6.06. The molecule has 1 fully saturated rings. The highest BCUT2D eigenvalue weighted by atomic mass is 35.5. The second-order valence-corrected chi connectivity index (χ2v) is 5.93. The minimum Gasteiger partial charge on any atom is -0.330 e.